The summed E-state index contributed by atoms with van der Waals surface area (Å²) in [6, 6.07) is 18.8. The quantitative estimate of drug-likeness (QED) is 0.381. The van der Waals surface area contributed by atoms with Crippen molar-refractivity contribution < 1.29 is 4.79 Å². The van der Waals surface area contributed by atoms with E-state index in [1.165, 1.54) is 25.7 Å². The standard InChI is InChI=1S/C17H24N4.C14H18N2O/c1-12-8-10-13(11-9-12)18-17-19-15-7-5-4-6-14(15)16(20-17)21(2)3;1-3-7-14-13(11(2)17)10-15-16(14)12-8-5-4-6-9-12/h4-7,12-13H,8-11H2,1-3H3,(H,18,19,20);4-6,8-9,15H,3,7,10H2,1-2H3. The van der Waals surface area contributed by atoms with E-state index in [-0.39, 0.29) is 5.78 Å². The molecule has 2 aromatic carbocycles. The molecule has 202 valence electrons. The molecule has 1 aliphatic heterocycles. The van der Waals surface area contributed by atoms with Gasteiger partial charge in [0.25, 0.3) is 0 Å². The number of hydrogen-bond acceptors (Lipinski definition) is 7. The van der Waals surface area contributed by atoms with Crippen LogP contribution in [-0.2, 0) is 4.79 Å². The number of nitrogens with zero attached hydrogens (tertiary/aromatic N) is 4. The number of Topliss-reactive ketones (excluding diaryl/α,β-unsaturated/α-hetero) is 1. The highest BCUT2D eigenvalue weighted by molar-refractivity contribution is 5.96. The Morgan fingerprint density at radius 1 is 1.03 bits per heavy atom. The number of nitrogens with one attached hydrogen (secondary N) is 2. The normalized spacial score (nSPS) is 19.2. The maximum atomic E-state index is 11.6. The zero-order valence-corrected chi connectivity index (χ0v) is 23.5. The van der Waals surface area contributed by atoms with Crippen molar-refractivity contribution in [1.82, 2.24) is 15.4 Å². The highest BCUT2D eigenvalue weighted by atomic mass is 16.1. The average molecular weight is 515 g/mol. The average Bonchev–Trinajstić information content (AvgIpc) is 3.34. The van der Waals surface area contributed by atoms with Crippen LogP contribution in [0.1, 0.15) is 59.3 Å². The van der Waals surface area contributed by atoms with Crippen molar-refractivity contribution in [3.63, 3.8) is 0 Å². The number of para-hydroxylation sites is 2. The molecule has 0 radical (unpaired) electrons. The van der Waals surface area contributed by atoms with Crippen LogP contribution in [0.4, 0.5) is 17.5 Å². The summed E-state index contributed by atoms with van der Waals surface area (Å²) in [5.41, 5.74) is 7.40. The van der Waals surface area contributed by atoms with E-state index < -0.39 is 0 Å². The first-order chi connectivity index (χ1) is 18.4. The molecule has 0 saturated heterocycles. The summed E-state index contributed by atoms with van der Waals surface area (Å²) in [6.07, 6.45) is 6.99. The number of fused-ring (bicyclic) bond motifs is 1. The third-order valence-corrected chi connectivity index (χ3v) is 7.31. The summed E-state index contributed by atoms with van der Waals surface area (Å²) in [4.78, 5) is 23.0. The molecule has 0 bridgehead atoms. The smallest absolute Gasteiger partial charge is 0.225 e. The van der Waals surface area contributed by atoms with Crippen LogP contribution in [-0.4, -0.2) is 42.4 Å². The molecule has 38 heavy (non-hydrogen) atoms. The van der Waals surface area contributed by atoms with Crippen LogP contribution >= 0.6 is 0 Å². The first-order valence-corrected chi connectivity index (χ1v) is 13.9. The minimum absolute atomic E-state index is 0.166. The molecule has 2 N–H and O–H groups in total. The third kappa shape index (κ3) is 6.70. The molecule has 0 unspecified atom stereocenters. The SMILES string of the molecule is CC1CCC(Nc2nc(N(C)C)c3ccccc3n2)CC1.CCCC1=C(C(C)=O)CNN1c1ccccc1. The lowest BCUT2D eigenvalue weighted by Gasteiger charge is -2.27. The topological polar surface area (TPSA) is 73.4 Å². The molecule has 2 aliphatic rings. The van der Waals surface area contributed by atoms with E-state index in [1.54, 1.807) is 6.92 Å². The Morgan fingerprint density at radius 2 is 1.71 bits per heavy atom. The van der Waals surface area contributed by atoms with Gasteiger partial charge in [-0.3, -0.25) is 9.80 Å². The van der Waals surface area contributed by atoms with Gasteiger partial charge in [-0.2, -0.15) is 4.98 Å². The van der Waals surface area contributed by atoms with Gasteiger partial charge in [0.1, 0.15) is 5.82 Å². The van der Waals surface area contributed by atoms with Crippen molar-refractivity contribution >= 4 is 34.1 Å². The molecule has 1 aliphatic carbocycles. The van der Waals surface area contributed by atoms with Crippen LogP contribution in [0.3, 0.4) is 0 Å². The molecule has 2 heterocycles. The largest absolute Gasteiger partial charge is 0.362 e. The number of carbonyl (C=O) groups is 1. The number of hydrazine groups is 1. The van der Waals surface area contributed by atoms with Gasteiger partial charge >= 0.3 is 0 Å². The fraction of sp³-hybridized carbons (Fsp3) is 0.452. The van der Waals surface area contributed by atoms with Gasteiger partial charge in [0, 0.05) is 43.3 Å². The zero-order chi connectivity index (χ0) is 27.1. The van der Waals surface area contributed by atoms with E-state index in [1.807, 2.05) is 61.6 Å². The maximum Gasteiger partial charge on any atom is 0.225 e. The molecule has 0 spiro atoms. The lowest BCUT2D eigenvalue weighted by Crippen LogP contribution is -2.31. The lowest BCUT2D eigenvalue weighted by molar-refractivity contribution is -0.113. The van der Waals surface area contributed by atoms with Gasteiger partial charge in [-0.25, -0.2) is 10.4 Å². The predicted octanol–water partition coefficient (Wildman–Crippen LogP) is 6.34. The first-order valence-electron chi connectivity index (χ1n) is 13.9. The summed E-state index contributed by atoms with van der Waals surface area (Å²) in [5, 5.41) is 6.68. The summed E-state index contributed by atoms with van der Waals surface area (Å²) in [6.45, 7) is 6.75. The number of carbonyl (C=O) groups excluding carboxylic acids is 1. The summed E-state index contributed by atoms with van der Waals surface area (Å²) >= 11 is 0. The lowest BCUT2D eigenvalue weighted by atomic mass is 9.87. The van der Waals surface area contributed by atoms with E-state index in [0.29, 0.717) is 12.6 Å². The van der Waals surface area contributed by atoms with Crippen molar-refractivity contribution in [2.45, 2.75) is 65.3 Å². The second kappa shape index (κ2) is 12.9. The van der Waals surface area contributed by atoms with E-state index >= 15 is 0 Å². The summed E-state index contributed by atoms with van der Waals surface area (Å²) in [5.74, 6) is 2.77. The van der Waals surface area contributed by atoms with Crippen molar-refractivity contribution in [3.05, 3.63) is 65.9 Å². The zero-order valence-electron chi connectivity index (χ0n) is 23.5. The predicted molar refractivity (Wildman–Crippen MR) is 158 cm³/mol. The summed E-state index contributed by atoms with van der Waals surface area (Å²) < 4.78 is 0. The van der Waals surface area contributed by atoms with Gasteiger partial charge in [0.2, 0.25) is 5.95 Å². The number of benzene rings is 2. The Kier molecular flexibility index (Phi) is 9.34. The molecule has 1 saturated carbocycles. The van der Waals surface area contributed by atoms with Crippen molar-refractivity contribution in [2.24, 2.45) is 5.92 Å². The van der Waals surface area contributed by atoms with Gasteiger partial charge < -0.3 is 10.2 Å². The van der Waals surface area contributed by atoms with Gasteiger partial charge in [-0.1, -0.05) is 50.6 Å². The van der Waals surface area contributed by atoms with Crippen LogP contribution < -0.4 is 20.7 Å². The molecule has 1 aromatic heterocycles. The van der Waals surface area contributed by atoms with E-state index in [2.05, 4.69) is 46.6 Å². The summed E-state index contributed by atoms with van der Waals surface area (Å²) in [7, 11) is 4.06. The molecule has 5 rings (SSSR count). The highest BCUT2D eigenvalue weighted by Crippen LogP contribution is 2.28. The van der Waals surface area contributed by atoms with Crippen molar-refractivity contribution in [3.8, 4) is 0 Å². The molecule has 7 nitrogen and oxygen atoms in total. The number of hydrogen-bond donors (Lipinski definition) is 2. The maximum absolute atomic E-state index is 11.6. The number of aromatic nitrogens is 2. The van der Waals surface area contributed by atoms with Gasteiger partial charge in [0.05, 0.1) is 11.2 Å². The van der Waals surface area contributed by atoms with Gasteiger partial charge in [0.15, 0.2) is 5.78 Å². The molecular formula is C31H42N6O. The molecule has 3 aromatic rings. The van der Waals surface area contributed by atoms with Crippen molar-refractivity contribution in [2.75, 3.05) is 35.9 Å². The van der Waals surface area contributed by atoms with E-state index in [0.717, 1.165) is 58.4 Å². The van der Waals surface area contributed by atoms with Gasteiger partial charge in [-0.15, -0.1) is 0 Å². The van der Waals surface area contributed by atoms with Crippen LogP contribution in [0.5, 0.6) is 0 Å². The molecule has 0 amide bonds. The van der Waals surface area contributed by atoms with E-state index in [4.69, 9.17) is 4.98 Å². The number of ketones is 1. The third-order valence-electron chi connectivity index (χ3n) is 7.31. The Morgan fingerprint density at radius 3 is 2.37 bits per heavy atom. The first kappa shape index (κ1) is 27.6. The second-order valence-corrected chi connectivity index (χ2v) is 10.6. The molecule has 7 heteroatoms. The Hall–Kier alpha value is -3.45. The highest BCUT2D eigenvalue weighted by Gasteiger charge is 2.25. The Balaban J connectivity index is 0.000000181. The second-order valence-electron chi connectivity index (χ2n) is 10.6. The minimum atomic E-state index is 0.166. The number of anilines is 3. The fourth-order valence-electron chi connectivity index (χ4n) is 5.19. The number of allylic oxidation sites excluding steroid dienone is 1. The monoisotopic (exact) mass is 514 g/mol. The fourth-order valence-corrected chi connectivity index (χ4v) is 5.19. The van der Waals surface area contributed by atoms with Crippen molar-refractivity contribution in [1.29, 1.82) is 0 Å². The van der Waals surface area contributed by atoms with Gasteiger partial charge in [-0.05, 0) is 69.2 Å². The Labute approximate surface area is 227 Å². The molecule has 1 fully saturated rings. The van der Waals surface area contributed by atoms with E-state index in [9.17, 15) is 4.79 Å². The van der Waals surface area contributed by atoms with Crippen LogP contribution in [0.2, 0.25) is 0 Å². The molecule has 0 atom stereocenters. The van der Waals surface area contributed by atoms with Crippen LogP contribution in [0.25, 0.3) is 10.9 Å². The Bertz CT molecular complexity index is 1250. The molecular weight excluding hydrogens is 472 g/mol. The minimum Gasteiger partial charge on any atom is -0.362 e. The number of rotatable bonds is 7. The van der Waals surface area contributed by atoms with Crippen LogP contribution in [0, 0.1) is 5.92 Å². The van der Waals surface area contributed by atoms with Crippen LogP contribution in [0.15, 0.2) is 65.9 Å².